The van der Waals surface area contributed by atoms with Gasteiger partial charge in [0.2, 0.25) is 0 Å². The fourth-order valence-corrected chi connectivity index (χ4v) is 0.964. The van der Waals surface area contributed by atoms with Crippen molar-refractivity contribution in [2.45, 2.75) is 33.2 Å². The molecule has 0 aliphatic rings. The molecule has 2 atom stereocenters. The highest BCUT2D eigenvalue weighted by Crippen LogP contribution is 1.99. The second-order valence-electron chi connectivity index (χ2n) is 3.52. The van der Waals surface area contributed by atoms with E-state index in [2.05, 4.69) is 19.2 Å². The first kappa shape index (κ1) is 12.9. The molecule has 13 heavy (non-hydrogen) atoms. The average molecular weight is 189 g/mol. The maximum Gasteiger partial charge on any atom is 0.0590 e. The molecule has 0 aromatic heterocycles. The molecule has 0 fully saturated rings. The highest BCUT2D eigenvalue weighted by Gasteiger charge is 2.08. The van der Waals surface area contributed by atoms with Crippen LogP contribution in [0.5, 0.6) is 0 Å². The van der Waals surface area contributed by atoms with Gasteiger partial charge in [-0.05, 0) is 19.3 Å². The van der Waals surface area contributed by atoms with Crippen LogP contribution in [-0.4, -0.2) is 37.5 Å². The zero-order valence-electron chi connectivity index (χ0n) is 9.05. The summed E-state index contributed by atoms with van der Waals surface area (Å²) < 4.78 is 5.32. The summed E-state index contributed by atoms with van der Waals surface area (Å²) in [5.41, 5.74) is 0. The van der Waals surface area contributed by atoms with Gasteiger partial charge >= 0.3 is 0 Å². The van der Waals surface area contributed by atoms with Crippen LogP contribution in [-0.2, 0) is 4.74 Å². The summed E-state index contributed by atoms with van der Waals surface area (Å²) in [6, 6.07) is 0.357. The standard InChI is InChI=1S/C10H23NO2/c1-4-6-13-7-5-11-10(3)9(2)8-12/h9-12H,4-8H2,1-3H3. The van der Waals surface area contributed by atoms with Crippen LogP contribution in [0.25, 0.3) is 0 Å². The molecule has 0 spiro atoms. The van der Waals surface area contributed by atoms with Gasteiger partial charge in [0.25, 0.3) is 0 Å². The minimum atomic E-state index is 0.240. The SMILES string of the molecule is CCCOCCNC(C)C(C)CO. The summed E-state index contributed by atoms with van der Waals surface area (Å²) in [6.07, 6.45) is 1.07. The van der Waals surface area contributed by atoms with Crippen molar-refractivity contribution in [3.63, 3.8) is 0 Å². The Kier molecular flexibility index (Phi) is 8.40. The molecule has 0 rings (SSSR count). The Bertz CT molecular complexity index is 109. The minimum absolute atomic E-state index is 0.240. The van der Waals surface area contributed by atoms with Gasteiger partial charge in [0, 0.05) is 25.8 Å². The van der Waals surface area contributed by atoms with E-state index < -0.39 is 0 Å². The molecule has 0 saturated heterocycles. The molecule has 2 N–H and O–H groups in total. The Balaban J connectivity index is 3.21. The highest BCUT2D eigenvalue weighted by atomic mass is 16.5. The van der Waals surface area contributed by atoms with E-state index in [1.807, 2.05) is 6.92 Å². The van der Waals surface area contributed by atoms with Crippen LogP contribution in [0.1, 0.15) is 27.2 Å². The van der Waals surface area contributed by atoms with Crippen LogP contribution in [0.15, 0.2) is 0 Å². The van der Waals surface area contributed by atoms with E-state index in [-0.39, 0.29) is 6.61 Å². The van der Waals surface area contributed by atoms with Crippen LogP contribution < -0.4 is 5.32 Å². The molecule has 0 aromatic rings. The first-order valence-corrected chi connectivity index (χ1v) is 5.14. The molecular weight excluding hydrogens is 166 g/mol. The van der Waals surface area contributed by atoms with Crippen molar-refractivity contribution < 1.29 is 9.84 Å². The Morgan fingerprint density at radius 3 is 2.54 bits per heavy atom. The predicted molar refractivity (Wildman–Crippen MR) is 54.8 cm³/mol. The molecule has 0 aliphatic heterocycles. The average Bonchev–Trinajstić information content (AvgIpc) is 2.16. The summed E-state index contributed by atoms with van der Waals surface area (Å²) in [7, 11) is 0. The summed E-state index contributed by atoms with van der Waals surface area (Å²) in [5.74, 6) is 0.311. The number of hydrogen-bond donors (Lipinski definition) is 2. The zero-order valence-corrected chi connectivity index (χ0v) is 9.05. The largest absolute Gasteiger partial charge is 0.396 e. The molecule has 0 bridgehead atoms. The number of nitrogens with one attached hydrogen (secondary N) is 1. The number of hydrogen-bond acceptors (Lipinski definition) is 3. The van der Waals surface area contributed by atoms with Crippen molar-refractivity contribution in [1.82, 2.24) is 5.32 Å². The molecule has 2 unspecified atom stereocenters. The van der Waals surface area contributed by atoms with Gasteiger partial charge in [0.1, 0.15) is 0 Å². The lowest BCUT2D eigenvalue weighted by Crippen LogP contribution is -2.36. The zero-order chi connectivity index (χ0) is 10.1. The van der Waals surface area contributed by atoms with Gasteiger partial charge in [-0.1, -0.05) is 13.8 Å². The van der Waals surface area contributed by atoms with Crippen LogP contribution in [0.4, 0.5) is 0 Å². The smallest absolute Gasteiger partial charge is 0.0590 e. The molecule has 0 radical (unpaired) electrons. The van der Waals surface area contributed by atoms with E-state index >= 15 is 0 Å². The molecule has 3 heteroatoms. The molecular formula is C10H23NO2. The van der Waals surface area contributed by atoms with Crippen LogP contribution in [0.2, 0.25) is 0 Å². The van der Waals surface area contributed by atoms with Gasteiger partial charge in [0.15, 0.2) is 0 Å². The lowest BCUT2D eigenvalue weighted by atomic mass is 10.1. The normalized spacial score (nSPS) is 15.7. The van der Waals surface area contributed by atoms with Crippen LogP contribution in [0, 0.1) is 5.92 Å². The van der Waals surface area contributed by atoms with Crippen molar-refractivity contribution in [2.75, 3.05) is 26.4 Å². The van der Waals surface area contributed by atoms with E-state index in [0.29, 0.717) is 12.0 Å². The Labute approximate surface area is 81.5 Å². The summed E-state index contributed by atoms with van der Waals surface area (Å²) in [4.78, 5) is 0. The molecule has 0 amide bonds. The monoisotopic (exact) mass is 189 g/mol. The van der Waals surface area contributed by atoms with Crippen molar-refractivity contribution in [3.8, 4) is 0 Å². The van der Waals surface area contributed by atoms with E-state index in [1.165, 1.54) is 0 Å². The van der Waals surface area contributed by atoms with E-state index in [0.717, 1.165) is 26.2 Å². The fourth-order valence-electron chi connectivity index (χ4n) is 0.964. The molecule has 0 aromatic carbocycles. The third-order valence-corrected chi connectivity index (χ3v) is 2.20. The lowest BCUT2D eigenvalue weighted by Gasteiger charge is -2.19. The van der Waals surface area contributed by atoms with Crippen molar-refractivity contribution >= 4 is 0 Å². The second kappa shape index (κ2) is 8.48. The number of rotatable bonds is 8. The minimum Gasteiger partial charge on any atom is -0.396 e. The maximum absolute atomic E-state index is 8.87. The van der Waals surface area contributed by atoms with Crippen LogP contribution >= 0.6 is 0 Å². The van der Waals surface area contributed by atoms with E-state index in [1.54, 1.807) is 0 Å². The van der Waals surface area contributed by atoms with Gasteiger partial charge in [-0.15, -0.1) is 0 Å². The van der Waals surface area contributed by atoms with E-state index in [9.17, 15) is 0 Å². The number of aliphatic hydroxyl groups excluding tert-OH is 1. The molecule has 80 valence electrons. The summed E-state index contributed by atoms with van der Waals surface area (Å²) >= 11 is 0. The van der Waals surface area contributed by atoms with Crippen LogP contribution in [0.3, 0.4) is 0 Å². The van der Waals surface area contributed by atoms with Gasteiger partial charge in [0.05, 0.1) is 6.61 Å². The van der Waals surface area contributed by atoms with E-state index in [4.69, 9.17) is 9.84 Å². The summed E-state index contributed by atoms with van der Waals surface area (Å²) in [5, 5.41) is 12.2. The molecule has 3 nitrogen and oxygen atoms in total. The highest BCUT2D eigenvalue weighted by molar-refractivity contribution is 4.66. The number of ether oxygens (including phenoxy) is 1. The number of aliphatic hydroxyl groups is 1. The molecule has 0 saturated carbocycles. The molecule has 0 aliphatic carbocycles. The van der Waals surface area contributed by atoms with Gasteiger partial charge in [-0.25, -0.2) is 0 Å². The quantitative estimate of drug-likeness (QED) is 0.560. The fraction of sp³-hybridized carbons (Fsp3) is 1.00. The Hall–Kier alpha value is -0.120. The third-order valence-electron chi connectivity index (χ3n) is 2.20. The topological polar surface area (TPSA) is 41.5 Å². The summed E-state index contributed by atoms with van der Waals surface area (Å²) in [6.45, 7) is 8.92. The van der Waals surface area contributed by atoms with Gasteiger partial charge in [-0.3, -0.25) is 0 Å². The van der Waals surface area contributed by atoms with Gasteiger partial charge in [-0.2, -0.15) is 0 Å². The van der Waals surface area contributed by atoms with Crippen molar-refractivity contribution in [3.05, 3.63) is 0 Å². The first-order chi connectivity index (χ1) is 6.22. The Morgan fingerprint density at radius 2 is 2.00 bits per heavy atom. The van der Waals surface area contributed by atoms with Gasteiger partial charge < -0.3 is 15.2 Å². The van der Waals surface area contributed by atoms with Crippen molar-refractivity contribution in [2.24, 2.45) is 5.92 Å². The molecule has 0 heterocycles. The maximum atomic E-state index is 8.87. The van der Waals surface area contributed by atoms with Crippen molar-refractivity contribution in [1.29, 1.82) is 0 Å². The predicted octanol–water partition coefficient (Wildman–Crippen LogP) is 1.02. The first-order valence-electron chi connectivity index (χ1n) is 5.14. The Morgan fingerprint density at radius 1 is 1.31 bits per heavy atom. The lowest BCUT2D eigenvalue weighted by molar-refractivity contribution is 0.129. The second-order valence-corrected chi connectivity index (χ2v) is 3.52. The third kappa shape index (κ3) is 6.99.